The number of hydrogen-bond acceptors (Lipinski definition) is 3. The highest BCUT2D eigenvalue weighted by molar-refractivity contribution is 14.0. The van der Waals surface area contributed by atoms with Crippen molar-refractivity contribution in [1.29, 1.82) is 0 Å². The highest BCUT2D eigenvalue weighted by atomic mass is 127. The summed E-state index contributed by atoms with van der Waals surface area (Å²) in [7, 11) is 3.45. The fourth-order valence-corrected chi connectivity index (χ4v) is 2.24. The maximum Gasteiger partial charge on any atom is 0.387 e. The van der Waals surface area contributed by atoms with Crippen molar-refractivity contribution < 1.29 is 13.5 Å². The molecule has 0 aliphatic carbocycles. The minimum absolute atomic E-state index is 0. The molecule has 138 valence electrons. The summed E-state index contributed by atoms with van der Waals surface area (Å²) in [5.74, 6) is 0.589. The molecule has 1 aromatic heterocycles. The zero-order valence-corrected chi connectivity index (χ0v) is 16.8. The summed E-state index contributed by atoms with van der Waals surface area (Å²) in [6, 6.07) is 4.48. The van der Waals surface area contributed by atoms with E-state index in [0.717, 1.165) is 5.56 Å². The smallest absolute Gasteiger partial charge is 0.387 e. The Labute approximate surface area is 166 Å². The average molecular weight is 486 g/mol. The largest absolute Gasteiger partial charge is 0.434 e. The van der Waals surface area contributed by atoms with E-state index in [4.69, 9.17) is 11.6 Å². The van der Waals surface area contributed by atoms with Crippen LogP contribution in [0.3, 0.4) is 0 Å². The van der Waals surface area contributed by atoms with E-state index >= 15 is 0 Å². The number of halogens is 4. The summed E-state index contributed by atoms with van der Waals surface area (Å²) in [5.41, 5.74) is 1.50. The Morgan fingerprint density at radius 1 is 1.36 bits per heavy atom. The summed E-state index contributed by atoms with van der Waals surface area (Å²) < 4.78 is 31.1. The van der Waals surface area contributed by atoms with Gasteiger partial charge in [0.2, 0.25) is 0 Å². The molecular weight excluding hydrogens is 467 g/mol. The minimum atomic E-state index is -2.90. The van der Waals surface area contributed by atoms with Crippen molar-refractivity contribution in [2.75, 3.05) is 7.05 Å². The van der Waals surface area contributed by atoms with Gasteiger partial charge >= 0.3 is 6.61 Å². The van der Waals surface area contributed by atoms with E-state index in [1.165, 1.54) is 12.1 Å². The lowest BCUT2D eigenvalue weighted by molar-refractivity contribution is -0.0504. The van der Waals surface area contributed by atoms with Gasteiger partial charge in [-0.1, -0.05) is 11.6 Å². The van der Waals surface area contributed by atoms with Gasteiger partial charge in [-0.05, 0) is 18.2 Å². The third kappa shape index (κ3) is 7.02. The van der Waals surface area contributed by atoms with Crippen LogP contribution in [0.25, 0.3) is 0 Å². The van der Waals surface area contributed by atoms with Crippen LogP contribution >= 0.6 is 35.6 Å². The normalized spacial score (nSPS) is 11.2. The molecule has 6 nitrogen and oxygen atoms in total. The first kappa shape index (κ1) is 21.4. The van der Waals surface area contributed by atoms with Crippen LogP contribution in [0.5, 0.6) is 5.75 Å². The molecule has 0 amide bonds. The van der Waals surface area contributed by atoms with Gasteiger partial charge < -0.3 is 15.4 Å². The third-order valence-corrected chi connectivity index (χ3v) is 3.36. The Morgan fingerprint density at radius 3 is 2.68 bits per heavy atom. The number of alkyl halides is 2. The Hall–Kier alpha value is -1.62. The Balaban J connectivity index is 0.00000312. The molecule has 0 unspecified atom stereocenters. The molecule has 1 heterocycles. The molecule has 2 rings (SSSR count). The maximum atomic E-state index is 12.5. The molecule has 0 aliphatic heterocycles. The highest BCUT2D eigenvalue weighted by Crippen LogP contribution is 2.24. The second kappa shape index (κ2) is 10.4. The molecule has 10 heteroatoms. The first-order valence-corrected chi connectivity index (χ1v) is 7.51. The molecular formula is C15H19ClF2IN5O. The van der Waals surface area contributed by atoms with Crippen LogP contribution in [0.1, 0.15) is 11.1 Å². The van der Waals surface area contributed by atoms with Crippen LogP contribution in [0, 0.1) is 0 Å². The predicted octanol–water partition coefficient (Wildman–Crippen LogP) is 3.16. The summed E-state index contributed by atoms with van der Waals surface area (Å²) in [5, 5.41) is 10.7. The zero-order valence-electron chi connectivity index (χ0n) is 13.7. The number of nitrogens with one attached hydrogen (secondary N) is 2. The SMILES string of the molecule is CN=C(NCc1cnn(C)c1)NCc1cc(Cl)ccc1OC(F)F.I. The average Bonchev–Trinajstić information content (AvgIpc) is 2.95. The van der Waals surface area contributed by atoms with Crippen LogP contribution in [0.4, 0.5) is 8.78 Å². The summed E-state index contributed by atoms with van der Waals surface area (Å²) in [6.45, 7) is -2.13. The topological polar surface area (TPSA) is 63.5 Å². The van der Waals surface area contributed by atoms with Crippen molar-refractivity contribution >= 4 is 41.5 Å². The molecule has 0 saturated heterocycles. The lowest BCUT2D eigenvalue weighted by Gasteiger charge is -2.14. The molecule has 0 bridgehead atoms. The second-order valence-corrected chi connectivity index (χ2v) is 5.37. The quantitative estimate of drug-likeness (QED) is 0.375. The molecule has 0 radical (unpaired) electrons. The Kier molecular flexibility index (Phi) is 8.90. The Morgan fingerprint density at radius 2 is 2.08 bits per heavy atom. The van der Waals surface area contributed by atoms with Crippen molar-refractivity contribution in [3.63, 3.8) is 0 Å². The fraction of sp³-hybridized carbons (Fsp3) is 0.333. The summed E-state index contributed by atoms with van der Waals surface area (Å²) in [6.07, 6.45) is 3.62. The van der Waals surface area contributed by atoms with Crippen molar-refractivity contribution in [3.8, 4) is 5.75 Å². The van der Waals surface area contributed by atoms with Gasteiger partial charge in [0, 0.05) is 49.5 Å². The molecule has 0 atom stereocenters. The number of aliphatic imine (C=N–C) groups is 1. The maximum absolute atomic E-state index is 12.5. The second-order valence-electron chi connectivity index (χ2n) is 4.93. The molecule has 2 aromatic rings. The van der Waals surface area contributed by atoms with Gasteiger partial charge in [-0.25, -0.2) is 0 Å². The van der Waals surface area contributed by atoms with E-state index in [1.54, 1.807) is 24.0 Å². The minimum Gasteiger partial charge on any atom is -0.434 e. The van der Waals surface area contributed by atoms with Crippen molar-refractivity contribution in [1.82, 2.24) is 20.4 Å². The lowest BCUT2D eigenvalue weighted by atomic mass is 10.2. The van der Waals surface area contributed by atoms with Crippen molar-refractivity contribution in [2.24, 2.45) is 12.0 Å². The van der Waals surface area contributed by atoms with Gasteiger partial charge in [0.1, 0.15) is 5.75 Å². The van der Waals surface area contributed by atoms with Crippen molar-refractivity contribution in [3.05, 3.63) is 46.7 Å². The number of hydrogen-bond donors (Lipinski definition) is 2. The van der Waals surface area contributed by atoms with Gasteiger partial charge in [-0.3, -0.25) is 9.67 Å². The number of aryl methyl sites for hydroxylation is 1. The highest BCUT2D eigenvalue weighted by Gasteiger charge is 2.11. The van der Waals surface area contributed by atoms with Crippen LogP contribution in [0.2, 0.25) is 5.02 Å². The molecule has 0 aliphatic rings. The number of nitrogens with zero attached hydrogens (tertiary/aromatic N) is 3. The third-order valence-electron chi connectivity index (χ3n) is 3.13. The van der Waals surface area contributed by atoms with Gasteiger partial charge in [-0.15, -0.1) is 24.0 Å². The number of rotatable bonds is 6. The van der Waals surface area contributed by atoms with E-state index in [1.807, 2.05) is 13.2 Å². The number of aromatic nitrogens is 2. The number of ether oxygens (including phenoxy) is 1. The van der Waals surface area contributed by atoms with E-state index in [2.05, 4.69) is 25.5 Å². The summed E-state index contributed by atoms with van der Waals surface area (Å²) in [4.78, 5) is 4.08. The molecule has 0 spiro atoms. The van der Waals surface area contributed by atoms with Crippen LogP contribution in [-0.2, 0) is 20.1 Å². The summed E-state index contributed by atoms with van der Waals surface area (Å²) >= 11 is 5.92. The van der Waals surface area contributed by atoms with Gasteiger partial charge in [0.05, 0.1) is 6.20 Å². The van der Waals surface area contributed by atoms with E-state index in [9.17, 15) is 8.78 Å². The zero-order chi connectivity index (χ0) is 17.5. The standard InChI is InChI=1S/C15H18ClF2N5O.HI/c1-19-15(20-6-10-7-22-23(2)9-10)21-8-11-5-12(16)3-4-13(11)24-14(17)18;/h3-5,7,9,14H,6,8H2,1-2H3,(H2,19,20,21);1H. The Bertz CT molecular complexity index is 711. The van der Waals surface area contributed by atoms with Crippen LogP contribution in [-0.4, -0.2) is 29.4 Å². The van der Waals surface area contributed by atoms with Gasteiger partial charge in [-0.2, -0.15) is 13.9 Å². The van der Waals surface area contributed by atoms with E-state index < -0.39 is 6.61 Å². The van der Waals surface area contributed by atoms with E-state index in [0.29, 0.717) is 23.1 Å². The first-order valence-electron chi connectivity index (χ1n) is 7.13. The molecule has 1 aromatic carbocycles. The fourth-order valence-electron chi connectivity index (χ4n) is 2.05. The number of benzene rings is 1. The molecule has 2 N–H and O–H groups in total. The monoisotopic (exact) mass is 485 g/mol. The van der Waals surface area contributed by atoms with Crippen LogP contribution < -0.4 is 15.4 Å². The number of guanidine groups is 1. The van der Waals surface area contributed by atoms with Crippen LogP contribution in [0.15, 0.2) is 35.6 Å². The van der Waals surface area contributed by atoms with Gasteiger partial charge in [0.15, 0.2) is 5.96 Å². The molecule has 25 heavy (non-hydrogen) atoms. The first-order chi connectivity index (χ1) is 11.5. The lowest BCUT2D eigenvalue weighted by Crippen LogP contribution is -2.36. The van der Waals surface area contributed by atoms with Gasteiger partial charge in [0.25, 0.3) is 0 Å². The molecule has 0 saturated carbocycles. The predicted molar refractivity (Wildman–Crippen MR) is 104 cm³/mol. The van der Waals surface area contributed by atoms with E-state index in [-0.39, 0.29) is 36.3 Å². The van der Waals surface area contributed by atoms with Crippen molar-refractivity contribution in [2.45, 2.75) is 19.7 Å². The molecule has 0 fully saturated rings.